The first-order chi connectivity index (χ1) is 12.1. The summed E-state index contributed by atoms with van der Waals surface area (Å²) in [4.78, 5) is 10.8. The third-order valence-electron chi connectivity index (χ3n) is 3.58. The van der Waals surface area contributed by atoms with Gasteiger partial charge >= 0.3 is 5.97 Å². The SMILES string of the molecule is NS(=O)(=O)c1ccc(CCCNS(=O)(=O)c2cccc(C(=O)O)c2)cc1. The van der Waals surface area contributed by atoms with Crippen LogP contribution in [-0.4, -0.2) is 34.5 Å². The van der Waals surface area contributed by atoms with Gasteiger partial charge in [-0.15, -0.1) is 0 Å². The van der Waals surface area contributed by atoms with Gasteiger partial charge < -0.3 is 5.11 Å². The molecule has 0 saturated heterocycles. The lowest BCUT2D eigenvalue weighted by Crippen LogP contribution is -2.25. The fourth-order valence-electron chi connectivity index (χ4n) is 2.22. The molecule has 0 unspecified atom stereocenters. The summed E-state index contributed by atoms with van der Waals surface area (Å²) in [6.45, 7) is 0.149. The summed E-state index contributed by atoms with van der Waals surface area (Å²) < 4.78 is 49.1. The zero-order valence-electron chi connectivity index (χ0n) is 13.6. The number of carboxylic acids is 1. The molecule has 0 radical (unpaired) electrons. The minimum Gasteiger partial charge on any atom is -0.478 e. The molecule has 4 N–H and O–H groups in total. The van der Waals surface area contributed by atoms with E-state index in [1.165, 1.54) is 30.3 Å². The zero-order chi connectivity index (χ0) is 19.4. The molecule has 26 heavy (non-hydrogen) atoms. The highest BCUT2D eigenvalue weighted by atomic mass is 32.2. The van der Waals surface area contributed by atoms with Crippen LogP contribution in [0.3, 0.4) is 0 Å². The number of carbonyl (C=O) groups is 1. The van der Waals surface area contributed by atoms with Crippen molar-refractivity contribution in [3.8, 4) is 0 Å². The van der Waals surface area contributed by atoms with E-state index in [0.29, 0.717) is 12.8 Å². The van der Waals surface area contributed by atoms with Gasteiger partial charge in [-0.25, -0.2) is 31.5 Å². The second-order valence-corrected chi connectivity index (χ2v) is 8.85. The Morgan fingerprint density at radius 3 is 2.23 bits per heavy atom. The maximum atomic E-state index is 12.2. The molecule has 2 rings (SSSR count). The summed E-state index contributed by atoms with van der Waals surface area (Å²) in [5.41, 5.74) is 0.729. The van der Waals surface area contributed by atoms with E-state index in [1.807, 2.05) is 0 Å². The molecule has 0 atom stereocenters. The molecule has 0 fully saturated rings. The average Bonchev–Trinajstić information content (AvgIpc) is 2.58. The van der Waals surface area contributed by atoms with Crippen molar-refractivity contribution in [2.45, 2.75) is 22.6 Å². The van der Waals surface area contributed by atoms with Crippen LogP contribution in [0.4, 0.5) is 0 Å². The fraction of sp³-hybridized carbons (Fsp3) is 0.188. The van der Waals surface area contributed by atoms with Gasteiger partial charge in [-0.2, -0.15) is 0 Å². The lowest BCUT2D eigenvalue weighted by molar-refractivity contribution is 0.0696. The van der Waals surface area contributed by atoms with E-state index in [0.717, 1.165) is 11.6 Å². The smallest absolute Gasteiger partial charge is 0.335 e. The Balaban J connectivity index is 1.93. The van der Waals surface area contributed by atoms with Crippen LogP contribution in [-0.2, 0) is 26.5 Å². The molecule has 0 amide bonds. The van der Waals surface area contributed by atoms with Crippen molar-refractivity contribution in [1.29, 1.82) is 0 Å². The second-order valence-electron chi connectivity index (χ2n) is 5.52. The van der Waals surface area contributed by atoms with E-state index < -0.39 is 26.0 Å². The van der Waals surface area contributed by atoms with Crippen molar-refractivity contribution >= 4 is 26.0 Å². The molecular weight excluding hydrogens is 380 g/mol. The van der Waals surface area contributed by atoms with E-state index >= 15 is 0 Å². The molecule has 0 aliphatic carbocycles. The van der Waals surface area contributed by atoms with Crippen molar-refractivity contribution < 1.29 is 26.7 Å². The van der Waals surface area contributed by atoms with Gasteiger partial charge in [-0.3, -0.25) is 0 Å². The van der Waals surface area contributed by atoms with Gasteiger partial charge in [-0.05, 0) is 48.7 Å². The van der Waals surface area contributed by atoms with Gasteiger partial charge in [0.05, 0.1) is 15.4 Å². The van der Waals surface area contributed by atoms with Crippen molar-refractivity contribution in [3.05, 3.63) is 59.7 Å². The molecule has 0 heterocycles. The first kappa shape index (κ1) is 20.0. The maximum absolute atomic E-state index is 12.2. The monoisotopic (exact) mass is 398 g/mol. The van der Waals surface area contributed by atoms with Crippen LogP contribution in [0.1, 0.15) is 22.3 Å². The number of aryl methyl sites for hydroxylation is 1. The van der Waals surface area contributed by atoms with Gasteiger partial charge in [-0.1, -0.05) is 18.2 Å². The quantitative estimate of drug-likeness (QED) is 0.565. The van der Waals surface area contributed by atoms with E-state index in [1.54, 1.807) is 12.1 Å². The number of primary sulfonamides is 1. The number of nitrogens with two attached hydrogens (primary N) is 1. The van der Waals surface area contributed by atoms with Gasteiger partial charge in [0.2, 0.25) is 20.0 Å². The molecule has 0 spiro atoms. The minimum absolute atomic E-state index is 0.0141. The Labute approximate surface area is 151 Å². The number of rotatable bonds is 8. The highest BCUT2D eigenvalue weighted by Crippen LogP contribution is 2.13. The summed E-state index contributed by atoms with van der Waals surface area (Å²) in [7, 11) is -7.54. The molecule has 0 aliphatic rings. The Morgan fingerprint density at radius 2 is 1.65 bits per heavy atom. The third-order valence-corrected chi connectivity index (χ3v) is 5.97. The lowest BCUT2D eigenvalue weighted by Gasteiger charge is -2.08. The second kappa shape index (κ2) is 7.96. The van der Waals surface area contributed by atoms with Crippen LogP contribution < -0.4 is 9.86 Å². The Kier molecular flexibility index (Phi) is 6.13. The van der Waals surface area contributed by atoms with Crippen LogP contribution in [0.15, 0.2) is 58.3 Å². The lowest BCUT2D eigenvalue weighted by atomic mass is 10.1. The predicted molar refractivity (Wildman–Crippen MR) is 94.7 cm³/mol. The Morgan fingerprint density at radius 1 is 1.00 bits per heavy atom. The highest BCUT2D eigenvalue weighted by molar-refractivity contribution is 7.89. The summed E-state index contributed by atoms with van der Waals surface area (Å²) in [5.74, 6) is -1.20. The number of carboxylic acid groups (broad SMARTS) is 1. The molecule has 0 saturated carbocycles. The Bertz CT molecular complexity index is 999. The van der Waals surface area contributed by atoms with Gasteiger partial charge in [0.15, 0.2) is 0 Å². The molecule has 2 aromatic carbocycles. The average molecular weight is 398 g/mol. The number of sulfonamides is 2. The third kappa shape index (κ3) is 5.36. The maximum Gasteiger partial charge on any atom is 0.335 e. The van der Waals surface area contributed by atoms with E-state index in [4.69, 9.17) is 10.2 Å². The van der Waals surface area contributed by atoms with Crippen LogP contribution in [0.2, 0.25) is 0 Å². The number of hydrogen-bond donors (Lipinski definition) is 3. The van der Waals surface area contributed by atoms with Gasteiger partial charge in [0.25, 0.3) is 0 Å². The molecule has 0 bridgehead atoms. The van der Waals surface area contributed by atoms with Crippen LogP contribution in [0.5, 0.6) is 0 Å². The Hall–Kier alpha value is -2.27. The highest BCUT2D eigenvalue weighted by Gasteiger charge is 2.15. The fourth-order valence-corrected chi connectivity index (χ4v) is 3.86. The first-order valence-corrected chi connectivity index (χ1v) is 10.6. The molecular formula is C16H18N2O6S2. The summed E-state index contributed by atoms with van der Waals surface area (Å²) in [5, 5.41) is 13.9. The largest absolute Gasteiger partial charge is 0.478 e. The molecule has 0 aromatic heterocycles. The summed E-state index contributed by atoms with van der Waals surface area (Å²) >= 11 is 0. The number of nitrogens with one attached hydrogen (secondary N) is 1. The van der Waals surface area contributed by atoms with Gasteiger partial charge in [0.1, 0.15) is 0 Å². The molecule has 8 nitrogen and oxygen atoms in total. The van der Waals surface area contributed by atoms with Gasteiger partial charge in [0, 0.05) is 6.54 Å². The van der Waals surface area contributed by atoms with E-state index in [9.17, 15) is 21.6 Å². The van der Waals surface area contributed by atoms with Crippen molar-refractivity contribution in [2.75, 3.05) is 6.54 Å². The van der Waals surface area contributed by atoms with Crippen LogP contribution in [0, 0.1) is 0 Å². The first-order valence-electron chi connectivity index (χ1n) is 7.54. The number of benzene rings is 2. The van der Waals surface area contributed by atoms with Crippen LogP contribution >= 0.6 is 0 Å². The zero-order valence-corrected chi connectivity index (χ0v) is 15.3. The topological polar surface area (TPSA) is 144 Å². The van der Waals surface area contributed by atoms with E-state index in [2.05, 4.69) is 4.72 Å². The molecule has 0 aliphatic heterocycles. The van der Waals surface area contributed by atoms with Crippen LogP contribution in [0.25, 0.3) is 0 Å². The molecule has 2 aromatic rings. The summed E-state index contributed by atoms with van der Waals surface area (Å²) in [6, 6.07) is 11.1. The number of hydrogen-bond acceptors (Lipinski definition) is 5. The normalized spacial score (nSPS) is 12.0. The minimum atomic E-state index is -3.81. The van der Waals surface area contributed by atoms with E-state index in [-0.39, 0.29) is 21.9 Å². The summed E-state index contributed by atoms with van der Waals surface area (Å²) in [6.07, 6.45) is 1.01. The van der Waals surface area contributed by atoms with Crippen molar-refractivity contribution in [1.82, 2.24) is 4.72 Å². The molecule has 10 heteroatoms. The molecule has 140 valence electrons. The van der Waals surface area contributed by atoms with Crippen molar-refractivity contribution in [3.63, 3.8) is 0 Å². The predicted octanol–water partition coefficient (Wildman–Crippen LogP) is 0.943. The standard InChI is InChI=1S/C16H18N2O6S2/c17-25(21,22)14-8-6-12(7-9-14)3-2-10-18-26(23,24)15-5-1-4-13(11-15)16(19)20/h1,4-9,11,18H,2-3,10H2,(H,19,20)(H2,17,21,22). The number of aromatic carboxylic acids is 1. The van der Waals surface area contributed by atoms with Crippen molar-refractivity contribution in [2.24, 2.45) is 5.14 Å².